The molecule has 0 unspecified atom stereocenters. The predicted octanol–water partition coefficient (Wildman–Crippen LogP) is 3.14. The van der Waals surface area contributed by atoms with E-state index < -0.39 is 5.60 Å². The summed E-state index contributed by atoms with van der Waals surface area (Å²) in [7, 11) is 1.59. The predicted molar refractivity (Wildman–Crippen MR) is 62.6 cm³/mol. The summed E-state index contributed by atoms with van der Waals surface area (Å²) in [4.78, 5) is 0. The van der Waals surface area contributed by atoms with Gasteiger partial charge in [0, 0.05) is 0 Å². The summed E-state index contributed by atoms with van der Waals surface area (Å²) in [6.07, 6.45) is 0.840. The molecule has 0 radical (unpaired) electrons. The van der Waals surface area contributed by atoms with E-state index in [9.17, 15) is 5.11 Å². The first-order valence-corrected chi connectivity index (χ1v) is 5.37. The van der Waals surface area contributed by atoms with Gasteiger partial charge in [0.2, 0.25) is 0 Å². The van der Waals surface area contributed by atoms with E-state index in [0.717, 1.165) is 17.5 Å². The number of benzene rings is 1. The second-order valence-electron chi connectivity index (χ2n) is 4.06. The maximum Gasteiger partial charge on any atom is 0.137 e. The van der Waals surface area contributed by atoms with Crippen LogP contribution in [0.4, 0.5) is 0 Å². The van der Waals surface area contributed by atoms with Gasteiger partial charge in [-0.3, -0.25) is 0 Å². The number of hydrogen-bond donors (Lipinski definition) is 1. The molecule has 0 saturated carbocycles. The number of ether oxygens (including phenoxy) is 1. The van der Waals surface area contributed by atoms with Crippen molar-refractivity contribution >= 4 is 11.6 Å². The lowest BCUT2D eigenvalue weighted by Gasteiger charge is -2.22. The van der Waals surface area contributed by atoms with Crippen LogP contribution in [0.5, 0.6) is 5.75 Å². The minimum Gasteiger partial charge on any atom is -0.495 e. The van der Waals surface area contributed by atoms with E-state index in [-0.39, 0.29) is 0 Å². The van der Waals surface area contributed by atoms with E-state index in [0.29, 0.717) is 10.8 Å². The monoisotopic (exact) mass is 228 g/mol. The summed E-state index contributed by atoms with van der Waals surface area (Å²) < 4.78 is 5.14. The molecule has 0 amide bonds. The molecule has 0 fully saturated rings. The molecule has 0 aliphatic rings. The fourth-order valence-electron chi connectivity index (χ4n) is 1.61. The van der Waals surface area contributed by atoms with Crippen molar-refractivity contribution in [1.82, 2.24) is 0 Å². The Kier molecular flexibility index (Phi) is 3.63. The molecule has 0 heterocycles. The van der Waals surface area contributed by atoms with Gasteiger partial charge in [-0.25, -0.2) is 0 Å². The standard InChI is InChI=1S/C12H17ClO2/c1-5-8-6-11(15-4)10(13)7-9(8)12(2,3)14/h6-7,14H,5H2,1-4H3. The number of rotatable bonds is 3. The molecule has 2 nitrogen and oxygen atoms in total. The van der Waals surface area contributed by atoms with Gasteiger partial charge in [0.1, 0.15) is 5.75 Å². The summed E-state index contributed by atoms with van der Waals surface area (Å²) in [6.45, 7) is 5.55. The Bertz CT molecular complexity index is 353. The topological polar surface area (TPSA) is 29.5 Å². The molecule has 0 aliphatic heterocycles. The Labute approximate surface area is 95.8 Å². The van der Waals surface area contributed by atoms with Gasteiger partial charge >= 0.3 is 0 Å². The van der Waals surface area contributed by atoms with E-state index in [2.05, 4.69) is 0 Å². The Morgan fingerprint density at radius 1 is 1.40 bits per heavy atom. The summed E-state index contributed by atoms with van der Waals surface area (Å²) in [5.41, 5.74) is 1.04. The van der Waals surface area contributed by atoms with Crippen LogP contribution < -0.4 is 4.74 Å². The van der Waals surface area contributed by atoms with Crippen LogP contribution in [0, 0.1) is 0 Å². The highest BCUT2D eigenvalue weighted by atomic mass is 35.5. The van der Waals surface area contributed by atoms with Crippen molar-refractivity contribution in [3.8, 4) is 5.75 Å². The van der Waals surface area contributed by atoms with Gasteiger partial charge in [0.25, 0.3) is 0 Å². The molecule has 15 heavy (non-hydrogen) atoms. The normalized spacial score (nSPS) is 11.6. The third-order valence-electron chi connectivity index (χ3n) is 2.42. The van der Waals surface area contributed by atoms with Gasteiger partial charge in [0.15, 0.2) is 0 Å². The minimum atomic E-state index is -0.874. The van der Waals surface area contributed by atoms with Crippen LogP contribution in [-0.2, 0) is 12.0 Å². The van der Waals surface area contributed by atoms with E-state index in [1.807, 2.05) is 13.0 Å². The first kappa shape index (κ1) is 12.3. The van der Waals surface area contributed by atoms with Crippen molar-refractivity contribution in [2.45, 2.75) is 32.8 Å². The van der Waals surface area contributed by atoms with Crippen molar-refractivity contribution in [1.29, 1.82) is 0 Å². The van der Waals surface area contributed by atoms with Crippen LogP contribution in [0.3, 0.4) is 0 Å². The summed E-state index contributed by atoms with van der Waals surface area (Å²) >= 11 is 6.03. The third-order valence-corrected chi connectivity index (χ3v) is 2.71. The largest absolute Gasteiger partial charge is 0.495 e. The van der Waals surface area contributed by atoms with Crippen LogP contribution in [0.1, 0.15) is 31.9 Å². The lowest BCUT2D eigenvalue weighted by atomic mass is 9.92. The average Bonchev–Trinajstić information content (AvgIpc) is 2.16. The van der Waals surface area contributed by atoms with Crippen LogP contribution in [0.25, 0.3) is 0 Å². The van der Waals surface area contributed by atoms with Crippen molar-refractivity contribution in [3.63, 3.8) is 0 Å². The zero-order chi connectivity index (χ0) is 11.6. The fourth-order valence-corrected chi connectivity index (χ4v) is 1.85. The molecule has 1 aromatic rings. The molecular formula is C12H17ClO2. The van der Waals surface area contributed by atoms with Crippen molar-refractivity contribution in [2.24, 2.45) is 0 Å². The number of aliphatic hydroxyl groups is 1. The molecule has 1 N–H and O–H groups in total. The average molecular weight is 229 g/mol. The lowest BCUT2D eigenvalue weighted by molar-refractivity contribution is 0.0776. The van der Waals surface area contributed by atoms with E-state index in [4.69, 9.17) is 16.3 Å². The highest BCUT2D eigenvalue weighted by Crippen LogP contribution is 2.33. The Morgan fingerprint density at radius 3 is 2.40 bits per heavy atom. The molecule has 0 spiro atoms. The molecule has 1 rings (SSSR count). The van der Waals surface area contributed by atoms with E-state index in [1.165, 1.54) is 0 Å². The zero-order valence-electron chi connectivity index (χ0n) is 9.60. The second-order valence-corrected chi connectivity index (χ2v) is 4.46. The van der Waals surface area contributed by atoms with Crippen LogP contribution in [0.2, 0.25) is 5.02 Å². The number of halogens is 1. The summed E-state index contributed by atoms with van der Waals surface area (Å²) in [5.74, 6) is 0.654. The SMILES string of the molecule is CCc1cc(OC)c(Cl)cc1C(C)(C)O. The van der Waals surface area contributed by atoms with Gasteiger partial charge in [-0.1, -0.05) is 18.5 Å². The number of aryl methyl sites for hydroxylation is 1. The van der Waals surface area contributed by atoms with Crippen LogP contribution >= 0.6 is 11.6 Å². The molecule has 84 valence electrons. The maximum absolute atomic E-state index is 9.99. The van der Waals surface area contributed by atoms with Gasteiger partial charge in [-0.05, 0) is 43.5 Å². The molecule has 0 aliphatic carbocycles. The number of methoxy groups -OCH3 is 1. The first-order chi connectivity index (χ1) is 6.90. The maximum atomic E-state index is 9.99. The minimum absolute atomic E-state index is 0.534. The van der Waals surface area contributed by atoms with Gasteiger partial charge < -0.3 is 9.84 Å². The van der Waals surface area contributed by atoms with Crippen molar-refractivity contribution in [2.75, 3.05) is 7.11 Å². The smallest absolute Gasteiger partial charge is 0.137 e. The quantitative estimate of drug-likeness (QED) is 0.861. The molecular weight excluding hydrogens is 212 g/mol. The molecule has 0 saturated heterocycles. The van der Waals surface area contributed by atoms with E-state index in [1.54, 1.807) is 27.0 Å². The molecule has 3 heteroatoms. The Balaban J connectivity index is 3.34. The summed E-state index contributed by atoms with van der Waals surface area (Å²) in [6, 6.07) is 3.66. The summed E-state index contributed by atoms with van der Waals surface area (Å²) in [5, 5.41) is 10.5. The third kappa shape index (κ3) is 2.64. The molecule has 1 aromatic carbocycles. The van der Waals surface area contributed by atoms with Gasteiger partial charge in [0.05, 0.1) is 17.7 Å². The first-order valence-electron chi connectivity index (χ1n) is 4.99. The number of hydrogen-bond acceptors (Lipinski definition) is 2. The van der Waals surface area contributed by atoms with Gasteiger partial charge in [-0.2, -0.15) is 0 Å². The van der Waals surface area contributed by atoms with Crippen molar-refractivity contribution < 1.29 is 9.84 Å². The van der Waals surface area contributed by atoms with Gasteiger partial charge in [-0.15, -0.1) is 0 Å². The lowest BCUT2D eigenvalue weighted by Crippen LogP contribution is -2.18. The molecule has 0 atom stereocenters. The zero-order valence-corrected chi connectivity index (χ0v) is 10.4. The highest BCUT2D eigenvalue weighted by Gasteiger charge is 2.21. The Hall–Kier alpha value is -0.730. The fraction of sp³-hybridized carbons (Fsp3) is 0.500. The van der Waals surface area contributed by atoms with Crippen LogP contribution in [0.15, 0.2) is 12.1 Å². The highest BCUT2D eigenvalue weighted by molar-refractivity contribution is 6.32. The molecule has 0 bridgehead atoms. The van der Waals surface area contributed by atoms with E-state index >= 15 is 0 Å². The van der Waals surface area contributed by atoms with Crippen molar-refractivity contribution in [3.05, 3.63) is 28.3 Å². The second kappa shape index (κ2) is 4.42. The van der Waals surface area contributed by atoms with Crippen LogP contribution in [-0.4, -0.2) is 12.2 Å². The Morgan fingerprint density at radius 2 is 2.00 bits per heavy atom. The molecule has 0 aromatic heterocycles.